The van der Waals surface area contributed by atoms with Crippen LogP contribution in [0.4, 0.5) is 0 Å². The molecule has 0 aromatic carbocycles. The molecule has 0 aromatic rings. The van der Waals surface area contributed by atoms with Crippen molar-refractivity contribution in [3.05, 3.63) is 10.4 Å². The molecule has 1 rings (SSSR count). The Morgan fingerprint density at radius 3 is 3.00 bits per heavy atom. The van der Waals surface area contributed by atoms with Crippen molar-refractivity contribution < 1.29 is 14.6 Å². The van der Waals surface area contributed by atoms with Crippen LogP contribution in [0.5, 0.6) is 0 Å². The van der Waals surface area contributed by atoms with Crippen molar-refractivity contribution in [1.82, 2.24) is 4.81 Å². The van der Waals surface area contributed by atoms with Crippen molar-refractivity contribution in [2.24, 2.45) is 5.11 Å². The molecule has 1 N–H and O–H groups in total. The molecule has 0 bridgehead atoms. The van der Waals surface area contributed by atoms with Crippen molar-refractivity contribution in [2.45, 2.75) is 32.3 Å². The van der Waals surface area contributed by atoms with Gasteiger partial charge in [0.2, 0.25) is 0 Å². The fourth-order valence-electron chi connectivity index (χ4n) is 1.88. The minimum atomic E-state index is -0.756. The highest BCUT2D eigenvalue weighted by Crippen LogP contribution is 2.22. The third-order valence-electron chi connectivity index (χ3n) is 2.57. The van der Waals surface area contributed by atoms with Gasteiger partial charge in [-0.05, 0) is 32.2 Å². The second kappa shape index (κ2) is 5.74. The van der Waals surface area contributed by atoms with Crippen LogP contribution in [0, 0.1) is 0 Å². The molecular formula is C8H15BN4O3. The average molecular weight is 226 g/mol. The van der Waals surface area contributed by atoms with E-state index in [0.29, 0.717) is 19.6 Å². The highest BCUT2D eigenvalue weighted by Gasteiger charge is 2.40. The predicted octanol–water partition coefficient (Wildman–Crippen LogP) is 0.413. The van der Waals surface area contributed by atoms with Crippen LogP contribution < -0.4 is 0 Å². The zero-order chi connectivity index (χ0) is 12.1. The standard InChI is InChI=1S/C8H15BN4O3/c1-3-16-8(14)7-4-6(11-12-10)5-13(7)9(2)15/h6-7,15H,3-5H2,1-2H3/t6-,7+/m1/s1. The normalized spacial score (nSPS) is 24.9. The fraction of sp³-hybridized carbons (Fsp3) is 0.875. The molecule has 16 heavy (non-hydrogen) atoms. The lowest BCUT2D eigenvalue weighted by Gasteiger charge is -2.23. The summed E-state index contributed by atoms with van der Waals surface area (Å²) in [5, 5.41) is 13.1. The highest BCUT2D eigenvalue weighted by atomic mass is 16.5. The first-order valence-corrected chi connectivity index (χ1v) is 5.24. The highest BCUT2D eigenvalue weighted by molar-refractivity contribution is 6.45. The van der Waals surface area contributed by atoms with Gasteiger partial charge < -0.3 is 14.6 Å². The summed E-state index contributed by atoms with van der Waals surface area (Å²) in [6.07, 6.45) is 0.397. The molecule has 1 saturated heterocycles. The van der Waals surface area contributed by atoms with Crippen LogP contribution in [0.25, 0.3) is 10.4 Å². The molecule has 0 amide bonds. The molecule has 0 radical (unpaired) electrons. The minimum absolute atomic E-state index is 0.283. The Hall–Kier alpha value is -1.24. The molecule has 1 fully saturated rings. The topological polar surface area (TPSA) is 98.5 Å². The van der Waals surface area contributed by atoms with Gasteiger partial charge in [-0.3, -0.25) is 4.79 Å². The summed E-state index contributed by atoms with van der Waals surface area (Å²) in [5.74, 6) is -0.376. The maximum absolute atomic E-state index is 11.6. The number of hydrogen-bond acceptors (Lipinski definition) is 5. The first kappa shape index (κ1) is 12.8. The zero-order valence-corrected chi connectivity index (χ0v) is 9.41. The molecule has 2 atom stereocenters. The molecule has 0 aromatic heterocycles. The van der Waals surface area contributed by atoms with Crippen molar-refractivity contribution in [2.75, 3.05) is 13.2 Å². The monoisotopic (exact) mass is 226 g/mol. The SMILES string of the molecule is CCOC(=O)[C@@H]1C[C@@H](N=[N+]=[N-])CN1B(C)O. The lowest BCUT2D eigenvalue weighted by atomic mass is 9.84. The maximum atomic E-state index is 11.6. The van der Waals surface area contributed by atoms with Gasteiger partial charge >= 0.3 is 13.0 Å². The van der Waals surface area contributed by atoms with Gasteiger partial charge in [-0.25, -0.2) is 0 Å². The number of nitrogens with zero attached hydrogens (tertiary/aromatic N) is 4. The van der Waals surface area contributed by atoms with Crippen molar-refractivity contribution in [3.63, 3.8) is 0 Å². The van der Waals surface area contributed by atoms with E-state index in [0.717, 1.165) is 0 Å². The first-order valence-electron chi connectivity index (χ1n) is 5.24. The van der Waals surface area contributed by atoms with E-state index in [4.69, 9.17) is 10.3 Å². The Bertz CT molecular complexity index is 306. The summed E-state index contributed by atoms with van der Waals surface area (Å²) in [4.78, 5) is 15.9. The van der Waals surface area contributed by atoms with E-state index in [1.54, 1.807) is 18.6 Å². The number of carbonyl (C=O) groups excluding carboxylic acids is 1. The average Bonchev–Trinajstić information content (AvgIpc) is 2.63. The van der Waals surface area contributed by atoms with Crippen molar-refractivity contribution >= 4 is 13.0 Å². The first-order chi connectivity index (χ1) is 7.60. The number of carbonyl (C=O) groups is 1. The van der Waals surface area contributed by atoms with Gasteiger partial charge in [-0.2, -0.15) is 0 Å². The fourth-order valence-corrected chi connectivity index (χ4v) is 1.88. The lowest BCUT2D eigenvalue weighted by molar-refractivity contribution is -0.147. The Morgan fingerprint density at radius 2 is 2.50 bits per heavy atom. The maximum Gasteiger partial charge on any atom is 0.377 e. The van der Waals surface area contributed by atoms with Gasteiger partial charge in [-0.1, -0.05) is 5.11 Å². The molecular weight excluding hydrogens is 211 g/mol. The van der Waals surface area contributed by atoms with E-state index in [1.165, 1.54) is 0 Å². The van der Waals surface area contributed by atoms with Crippen LogP contribution in [0.2, 0.25) is 6.82 Å². The number of ether oxygens (including phenoxy) is 1. The van der Waals surface area contributed by atoms with Gasteiger partial charge in [0.15, 0.2) is 0 Å². The smallest absolute Gasteiger partial charge is 0.377 e. The molecule has 1 heterocycles. The van der Waals surface area contributed by atoms with Crippen molar-refractivity contribution in [1.29, 1.82) is 0 Å². The molecule has 1 aliphatic rings. The Labute approximate surface area is 94.1 Å². The van der Waals surface area contributed by atoms with Crippen LogP contribution in [0.1, 0.15) is 13.3 Å². The summed E-state index contributed by atoms with van der Waals surface area (Å²) in [5.41, 5.74) is 8.34. The van der Waals surface area contributed by atoms with Gasteiger partial charge in [0, 0.05) is 4.91 Å². The number of esters is 1. The quantitative estimate of drug-likeness (QED) is 0.247. The van der Waals surface area contributed by atoms with E-state index in [-0.39, 0.29) is 12.0 Å². The molecule has 8 heteroatoms. The van der Waals surface area contributed by atoms with Crippen molar-refractivity contribution in [3.8, 4) is 0 Å². The van der Waals surface area contributed by atoms with Gasteiger partial charge in [0.25, 0.3) is 0 Å². The predicted molar refractivity (Wildman–Crippen MR) is 58.5 cm³/mol. The summed E-state index contributed by atoms with van der Waals surface area (Å²) in [7, 11) is -0.756. The minimum Gasteiger partial charge on any atom is -0.465 e. The van der Waals surface area contributed by atoms with Gasteiger partial charge in [-0.15, -0.1) is 0 Å². The third kappa shape index (κ3) is 2.88. The van der Waals surface area contributed by atoms with Crippen LogP contribution in [-0.2, 0) is 9.53 Å². The molecule has 0 unspecified atom stereocenters. The summed E-state index contributed by atoms with van der Waals surface area (Å²) in [6.45, 7) is 3.98. The molecule has 88 valence electrons. The Kier molecular flexibility index (Phi) is 4.60. The van der Waals surface area contributed by atoms with Crippen LogP contribution >= 0.6 is 0 Å². The summed E-state index contributed by atoms with van der Waals surface area (Å²) in [6, 6.07) is -0.801. The van der Waals surface area contributed by atoms with E-state index < -0.39 is 13.1 Å². The second-order valence-electron chi connectivity index (χ2n) is 3.69. The lowest BCUT2D eigenvalue weighted by Crippen LogP contribution is -2.45. The van der Waals surface area contributed by atoms with E-state index in [9.17, 15) is 9.82 Å². The number of azide groups is 1. The second-order valence-corrected chi connectivity index (χ2v) is 3.69. The number of hydrogen-bond donors (Lipinski definition) is 1. The zero-order valence-electron chi connectivity index (χ0n) is 9.41. The Morgan fingerprint density at radius 1 is 1.81 bits per heavy atom. The summed E-state index contributed by atoms with van der Waals surface area (Å²) >= 11 is 0. The summed E-state index contributed by atoms with van der Waals surface area (Å²) < 4.78 is 4.91. The van der Waals surface area contributed by atoms with E-state index in [1.807, 2.05) is 0 Å². The van der Waals surface area contributed by atoms with Gasteiger partial charge in [0.05, 0.1) is 12.6 Å². The van der Waals surface area contributed by atoms with Crippen LogP contribution in [0.3, 0.4) is 0 Å². The molecule has 0 saturated carbocycles. The Balaban J connectivity index is 2.72. The molecule has 0 aliphatic carbocycles. The van der Waals surface area contributed by atoms with E-state index in [2.05, 4.69) is 10.0 Å². The third-order valence-corrected chi connectivity index (χ3v) is 2.57. The number of rotatable bonds is 4. The largest absolute Gasteiger partial charge is 0.465 e. The molecule has 0 spiro atoms. The molecule has 1 aliphatic heterocycles. The van der Waals surface area contributed by atoms with Crippen LogP contribution in [0.15, 0.2) is 5.11 Å². The molecule has 7 nitrogen and oxygen atoms in total. The van der Waals surface area contributed by atoms with Gasteiger partial charge in [0.1, 0.15) is 6.04 Å². The van der Waals surface area contributed by atoms with Crippen LogP contribution in [-0.4, -0.2) is 48.1 Å². The van der Waals surface area contributed by atoms with E-state index >= 15 is 0 Å².